The SMILES string of the molecule is Cc1ccc(N2CC[C@@H](Sc3nnc(C)n3CC(N)=O)C2=O)cc1. The zero-order chi connectivity index (χ0) is 17.3. The summed E-state index contributed by atoms with van der Waals surface area (Å²) in [6.45, 7) is 4.46. The molecule has 1 aromatic carbocycles. The summed E-state index contributed by atoms with van der Waals surface area (Å²) >= 11 is 1.34. The largest absolute Gasteiger partial charge is 0.368 e. The predicted octanol–water partition coefficient (Wildman–Crippen LogP) is 1.28. The van der Waals surface area contributed by atoms with Crippen molar-refractivity contribution in [2.24, 2.45) is 5.73 Å². The predicted molar refractivity (Wildman–Crippen MR) is 91.7 cm³/mol. The molecule has 1 atom stereocenters. The molecule has 126 valence electrons. The van der Waals surface area contributed by atoms with Crippen LogP contribution in [0.4, 0.5) is 5.69 Å². The third kappa shape index (κ3) is 3.28. The van der Waals surface area contributed by atoms with Crippen molar-refractivity contribution in [2.75, 3.05) is 11.4 Å². The molecule has 8 heteroatoms. The van der Waals surface area contributed by atoms with Gasteiger partial charge in [0.15, 0.2) is 5.16 Å². The Morgan fingerprint density at radius 1 is 1.29 bits per heavy atom. The maximum absolute atomic E-state index is 12.7. The summed E-state index contributed by atoms with van der Waals surface area (Å²) in [5, 5.41) is 8.37. The summed E-state index contributed by atoms with van der Waals surface area (Å²) in [7, 11) is 0. The van der Waals surface area contributed by atoms with E-state index in [0.717, 1.165) is 17.7 Å². The third-order valence-corrected chi connectivity index (χ3v) is 5.20. The van der Waals surface area contributed by atoms with E-state index in [4.69, 9.17) is 5.73 Å². The number of hydrogen-bond donors (Lipinski definition) is 1. The van der Waals surface area contributed by atoms with Gasteiger partial charge in [0.25, 0.3) is 0 Å². The highest BCUT2D eigenvalue weighted by Gasteiger charge is 2.34. The van der Waals surface area contributed by atoms with Crippen LogP contribution in [0.1, 0.15) is 17.8 Å². The number of carbonyl (C=O) groups is 2. The van der Waals surface area contributed by atoms with Crippen LogP contribution in [-0.4, -0.2) is 38.4 Å². The highest BCUT2D eigenvalue weighted by Crippen LogP contribution is 2.32. The van der Waals surface area contributed by atoms with Gasteiger partial charge in [0.1, 0.15) is 12.4 Å². The topological polar surface area (TPSA) is 94.1 Å². The van der Waals surface area contributed by atoms with Gasteiger partial charge in [-0.05, 0) is 32.4 Å². The van der Waals surface area contributed by atoms with Gasteiger partial charge in [0.2, 0.25) is 11.8 Å². The van der Waals surface area contributed by atoms with Crippen molar-refractivity contribution in [3.8, 4) is 0 Å². The minimum Gasteiger partial charge on any atom is -0.368 e. The molecule has 0 spiro atoms. The minimum absolute atomic E-state index is 0.0176. The Bertz CT molecular complexity index is 771. The van der Waals surface area contributed by atoms with Gasteiger partial charge in [-0.15, -0.1) is 10.2 Å². The lowest BCUT2D eigenvalue weighted by molar-refractivity contribution is -0.118. The molecule has 2 amide bonds. The molecule has 24 heavy (non-hydrogen) atoms. The Labute approximate surface area is 144 Å². The van der Waals surface area contributed by atoms with E-state index in [1.54, 1.807) is 16.4 Å². The molecule has 2 aromatic rings. The van der Waals surface area contributed by atoms with E-state index in [0.29, 0.717) is 17.5 Å². The highest BCUT2D eigenvalue weighted by atomic mass is 32.2. The van der Waals surface area contributed by atoms with Crippen LogP contribution in [0.15, 0.2) is 29.4 Å². The highest BCUT2D eigenvalue weighted by molar-refractivity contribution is 8.00. The first-order valence-corrected chi connectivity index (χ1v) is 8.56. The fourth-order valence-corrected chi connectivity index (χ4v) is 3.78. The van der Waals surface area contributed by atoms with Gasteiger partial charge >= 0.3 is 0 Å². The Morgan fingerprint density at radius 3 is 2.67 bits per heavy atom. The number of carbonyl (C=O) groups excluding carboxylic acids is 2. The molecule has 2 heterocycles. The van der Waals surface area contributed by atoms with E-state index in [2.05, 4.69) is 10.2 Å². The van der Waals surface area contributed by atoms with Crippen molar-refractivity contribution in [1.29, 1.82) is 0 Å². The van der Waals surface area contributed by atoms with Crippen molar-refractivity contribution in [3.05, 3.63) is 35.7 Å². The number of nitrogens with zero attached hydrogens (tertiary/aromatic N) is 4. The van der Waals surface area contributed by atoms with Gasteiger partial charge in [0.05, 0.1) is 5.25 Å². The molecule has 0 radical (unpaired) electrons. The number of hydrogen-bond acceptors (Lipinski definition) is 5. The van der Waals surface area contributed by atoms with Crippen LogP contribution in [0.5, 0.6) is 0 Å². The molecule has 0 bridgehead atoms. The number of nitrogens with two attached hydrogens (primary N) is 1. The second-order valence-corrected chi connectivity index (χ2v) is 6.97. The standard InChI is InChI=1S/C16H19N5O2S/c1-10-3-5-12(6-4-10)20-8-7-13(15(20)23)24-16-19-18-11(2)21(16)9-14(17)22/h3-6,13H,7-9H2,1-2H3,(H2,17,22)/t13-/m1/s1. The van der Waals surface area contributed by atoms with Gasteiger partial charge in [-0.25, -0.2) is 0 Å². The van der Waals surface area contributed by atoms with Crippen LogP contribution in [0.25, 0.3) is 0 Å². The summed E-state index contributed by atoms with van der Waals surface area (Å²) < 4.78 is 1.65. The Hall–Kier alpha value is -2.35. The van der Waals surface area contributed by atoms with E-state index in [9.17, 15) is 9.59 Å². The second kappa shape index (κ2) is 6.64. The number of thioether (sulfide) groups is 1. The zero-order valence-electron chi connectivity index (χ0n) is 13.6. The van der Waals surface area contributed by atoms with Crippen molar-refractivity contribution in [2.45, 2.75) is 37.2 Å². The number of amides is 2. The summed E-state index contributed by atoms with van der Waals surface area (Å²) in [6, 6.07) is 7.91. The first-order chi connectivity index (χ1) is 11.5. The smallest absolute Gasteiger partial charge is 0.240 e. The van der Waals surface area contributed by atoms with Crippen molar-refractivity contribution in [1.82, 2.24) is 14.8 Å². The number of primary amides is 1. The Morgan fingerprint density at radius 2 is 2.00 bits per heavy atom. The zero-order valence-corrected chi connectivity index (χ0v) is 14.4. The monoisotopic (exact) mass is 345 g/mol. The number of aryl methyl sites for hydroxylation is 2. The van der Waals surface area contributed by atoms with E-state index < -0.39 is 5.91 Å². The quantitative estimate of drug-likeness (QED) is 0.881. The number of benzene rings is 1. The Balaban J connectivity index is 1.75. The van der Waals surface area contributed by atoms with Gasteiger partial charge in [-0.1, -0.05) is 29.5 Å². The molecule has 0 saturated carbocycles. The van der Waals surface area contributed by atoms with Crippen molar-refractivity contribution >= 4 is 29.3 Å². The maximum Gasteiger partial charge on any atom is 0.240 e. The molecule has 0 aliphatic carbocycles. The molecular weight excluding hydrogens is 326 g/mol. The fourth-order valence-electron chi connectivity index (χ4n) is 2.66. The summed E-state index contributed by atoms with van der Waals surface area (Å²) in [5.41, 5.74) is 7.33. The summed E-state index contributed by atoms with van der Waals surface area (Å²) in [4.78, 5) is 25.7. The van der Waals surface area contributed by atoms with Gasteiger partial charge in [-0.2, -0.15) is 0 Å². The minimum atomic E-state index is -0.459. The molecular formula is C16H19N5O2S. The molecule has 0 unspecified atom stereocenters. The third-order valence-electron chi connectivity index (χ3n) is 3.97. The average molecular weight is 345 g/mol. The number of rotatable bonds is 5. The molecule has 2 N–H and O–H groups in total. The average Bonchev–Trinajstić information content (AvgIpc) is 3.06. The number of aromatic nitrogens is 3. The van der Waals surface area contributed by atoms with Crippen LogP contribution in [0.2, 0.25) is 0 Å². The molecule has 1 fully saturated rings. The van der Waals surface area contributed by atoms with E-state index in [1.165, 1.54) is 11.8 Å². The first-order valence-electron chi connectivity index (χ1n) is 7.68. The van der Waals surface area contributed by atoms with E-state index in [-0.39, 0.29) is 17.7 Å². The molecule has 1 aromatic heterocycles. The van der Waals surface area contributed by atoms with Gasteiger partial charge in [-0.3, -0.25) is 14.2 Å². The van der Waals surface area contributed by atoms with Crippen LogP contribution in [0, 0.1) is 13.8 Å². The van der Waals surface area contributed by atoms with Crippen LogP contribution in [-0.2, 0) is 16.1 Å². The van der Waals surface area contributed by atoms with Gasteiger partial charge in [0, 0.05) is 12.2 Å². The molecule has 7 nitrogen and oxygen atoms in total. The van der Waals surface area contributed by atoms with Crippen LogP contribution in [0.3, 0.4) is 0 Å². The number of anilines is 1. The molecule has 1 aliphatic heterocycles. The molecule has 1 aliphatic rings. The maximum atomic E-state index is 12.7. The lowest BCUT2D eigenvalue weighted by Crippen LogP contribution is -2.28. The lowest BCUT2D eigenvalue weighted by Gasteiger charge is -2.17. The van der Waals surface area contributed by atoms with Crippen molar-refractivity contribution < 1.29 is 9.59 Å². The normalized spacial score (nSPS) is 17.5. The summed E-state index contributed by atoms with van der Waals surface area (Å²) in [6.07, 6.45) is 0.722. The molecule has 1 saturated heterocycles. The van der Waals surface area contributed by atoms with E-state index >= 15 is 0 Å². The van der Waals surface area contributed by atoms with E-state index in [1.807, 2.05) is 31.2 Å². The van der Waals surface area contributed by atoms with Crippen LogP contribution >= 0.6 is 11.8 Å². The second-order valence-electron chi connectivity index (χ2n) is 5.80. The van der Waals surface area contributed by atoms with Gasteiger partial charge < -0.3 is 10.6 Å². The molecule has 3 rings (SSSR count). The lowest BCUT2D eigenvalue weighted by atomic mass is 10.2. The summed E-state index contributed by atoms with van der Waals surface area (Å²) in [5.74, 6) is 0.200. The first kappa shape index (κ1) is 16.5. The van der Waals surface area contributed by atoms with Crippen molar-refractivity contribution in [3.63, 3.8) is 0 Å². The Kier molecular flexibility index (Phi) is 4.57. The van der Waals surface area contributed by atoms with Crippen LogP contribution < -0.4 is 10.6 Å². The fraction of sp³-hybridized carbons (Fsp3) is 0.375.